The molecule has 0 unspecified atom stereocenters. The van der Waals surface area contributed by atoms with Gasteiger partial charge in [-0.2, -0.15) is 0 Å². The summed E-state index contributed by atoms with van der Waals surface area (Å²) in [6, 6.07) is 10.2. The third-order valence-corrected chi connectivity index (χ3v) is 1.93. The van der Waals surface area contributed by atoms with E-state index < -0.39 is 0 Å². The first-order valence-electron chi connectivity index (χ1n) is 4.44. The summed E-state index contributed by atoms with van der Waals surface area (Å²) in [7, 11) is 0. The van der Waals surface area contributed by atoms with E-state index in [0.29, 0.717) is 0 Å². The molecule has 1 rings (SSSR count). The second-order valence-corrected chi connectivity index (χ2v) is 2.94. The molecule has 1 aromatic carbocycles. The van der Waals surface area contributed by atoms with Gasteiger partial charge in [-0.1, -0.05) is 43.0 Å². The van der Waals surface area contributed by atoms with Crippen LogP contribution in [0, 0.1) is 0 Å². The number of hydrogen-bond donors (Lipinski definition) is 1. The van der Waals surface area contributed by atoms with Crippen molar-refractivity contribution in [1.82, 2.24) is 0 Å². The van der Waals surface area contributed by atoms with Gasteiger partial charge in [0.05, 0.1) is 0 Å². The molecule has 68 valence electrons. The third-order valence-electron chi connectivity index (χ3n) is 1.93. The zero-order valence-electron chi connectivity index (χ0n) is 7.74. The Labute approximate surface area is 79.6 Å². The highest BCUT2D eigenvalue weighted by Crippen LogP contribution is 2.16. The second-order valence-electron chi connectivity index (χ2n) is 2.94. The summed E-state index contributed by atoms with van der Waals surface area (Å²) < 4.78 is 0. The second kappa shape index (κ2) is 5.20. The minimum absolute atomic E-state index is 0.963. The lowest BCUT2D eigenvalue weighted by atomic mass is 10.0. The molecule has 0 heterocycles. The maximum Gasteiger partial charge on any atom is -0.0103 e. The minimum Gasteiger partial charge on any atom is -0.405 e. The molecule has 0 saturated heterocycles. The molecule has 0 atom stereocenters. The Morgan fingerprint density at radius 1 is 1.31 bits per heavy atom. The predicted molar refractivity (Wildman–Crippen MR) is 58.0 cm³/mol. The highest BCUT2D eigenvalue weighted by Gasteiger charge is 1.95. The molecule has 0 radical (unpaired) electrons. The van der Waals surface area contributed by atoms with Crippen molar-refractivity contribution in [2.75, 3.05) is 0 Å². The average molecular weight is 173 g/mol. The van der Waals surface area contributed by atoms with Gasteiger partial charge in [-0.3, -0.25) is 0 Å². The van der Waals surface area contributed by atoms with Crippen LogP contribution >= 0.6 is 0 Å². The maximum atomic E-state index is 5.24. The molecule has 0 aliphatic carbocycles. The summed E-state index contributed by atoms with van der Waals surface area (Å²) in [6.07, 6.45) is 5.47. The van der Waals surface area contributed by atoms with E-state index in [9.17, 15) is 0 Å². The normalized spacial score (nSPS) is 10.5. The van der Waals surface area contributed by atoms with Gasteiger partial charge in [0.1, 0.15) is 0 Å². The van der Waals surface area contributed by atoms with E-state index in [1.54, 1.807) is 6.20 Å². The molecule has 0 bridgehead atoms. The molecular weight excluding hydrogens is 158 g/mol. The van der Waals surface area contributed by atoms with Crippen molar-refractivity contribution in [3.63, 3.8) is 0 Å². The molecule has 1 aromatic rings. The summed E-state index contributed by atoms with van der Waals surface area (Å²) in [4.78, 5) is 0. The zero-order valence-corrected chi connectivity index (χ0v) is 7.74. The molecule has 0 fully saturated rings. The van der Waals surface area contributed by atoms with Crippen LogP contribution in [0.15, 0.2) is 49.2 Å². The van der Waals surface area contributed by atoms with Crippen molar-refractivity contribution in [3.8, 4) is 0 Å². The van der Waals surface area contributed by atoms with Crippen molar-refractivity contribution in [1.29, 1.82) is 0 Å². The summed E-state index contributed by atoms with van der Waals surface area (Å²) in [5.74, 6) is 0. The smallest absolute Gasteiger partial charge is 0.0103 e. The lowest BCUT2D eigenvalue weighted by Crippen LogP contribution is -1.82. The van der Waals surface area contributed by atoms with Gasteiger partial charge in [-0.25, -0.2) is 0 Å². The van der Waals surface area contributed by atoms with Crippen LogP contribution in [0.1, 0.15) is 18.4 Å². The van der Waals surface area contributed by atoms with Crippen molar-refractivity contribution in [2.45, 2.75) is 12.8 Å². The van der Waals surface area contributed by atoms with E-state index in [0.717, 1.165) is 12.8 Å². The van der Waals surface area contributed by atoms with Crippen LogP contribution in [0.2, 0.25) is 0 Å². The van der Waals surface area contributed by atoms with E-state index in [-0.39, 0.29) is 0 Å². The molecule has 13 heavy (non-hydrogen) atoms. The Balaban J connectivity index is 2.49. The molecule has 0 aliphatic heterocycles. The molecule has 0 aliphatic rings. The van der Waals surface area contributed by atoms with Crippen molar-refractivity contribution in [3.05, 3.63) is 54.8 Å². The van der Waals surface area contributed by atoms with Gasteiger partial charge < -0.3 is 5.73 Å². The van der Waals surface area contributed by atoms with Gasteiger partial charge in [0.25, 0.3) is 0 Å². The van der Waals surface area contributed by atoms with Gasteiger partial charge in [-0.05, 0) is 30.2 Å². The fourth-order valence-electron chi connectivity index (χ4n) is 1.17. The van der Waals surface area contributed by atoms with Gasteiger partial charge in [0.2, 0.25) is 0 Å². The molecule has 2 N–H and O–H groups in total. The first kappa shape index (κ1) is 9.59. The minimum atomic E-state index is 0.963. The molecule has 0 aromatic heterocycles. The summed E-state index contributed by atoms with van der Waals surface area (Å²) in [5.41, 5.74) is 7.62. The van der Waals surface area contributed by atoms with Crippen LogP contribution in [0.5, 0.6) is 0 Å². The van der Waals surface area contributed by atoms with E-state index in [4.69, 9.17) is 5.73 Å². The Hall–Kier alpha value is -1.50. The van der Waals surface area contributed by atoms with Gasteiger partial charge in [-0.15, -0.1) is 0 Å². The van der Waals surface area contributed by atoms with Crippen LogP contribution in [-0.2, 0) is 0 Å². The predicted octanol–water partition coefficient (Wildman–Crippen LogP) is 2.95. The lowest BCUT2D eigenvalue weighted by Gasteiger charge is -2.02. The van der Waals surface area contributed by atoms with Crippen LogP contribution in [0.4, 0.5) is 0 Å². The molecule has 1 nitrogen and oxygen atoms in total. The third kappa shape index (κ3) is 3.16. The molecule has 0 spiro atoms. The van der Waals surface area contributed by atoms with Gasteiger partial charge in [0, 0.05) is 0 Å². The summed E-state index contributed by atoms with van der Waals surface area (Å²) >= 11 is 0. The molecule has 0 amide bonds. The Morgan fingerprint density at radius 3 is 2.62 bits per heavy atom. The average Bonchev–Trinajstić information content (AvgIpc) is 2.19. The number of rotatable bonds is 4. The summed E-state index contributed by atoms with van der Waals surface area (Å²) in [6.45, 7) is 4.02. The maximum absolute atomic E-state index is 5.24. The Morgan fingerprint density at radius 2 is 2.00 bits per heavy atom. The van der Waals surface area contributed by atoms with Crippen LogP contribution in [0.3, 0.4) is 0 Å². The standard InChI is InChI=1S/C12H15N/c1-11(7-5-6-10-13)12-8-3-2-4-9-12/h2-4,6,8-10H,1,5,7,13H2/b10-6-. The number of nitrogens with two attached hydrogens (primary N) is 1. The molecule has 0 saturated carbocycles. The van der Waals surface area contributed by atoms with Gasteiger partial charge in [0.15, 0.2) is 0 Å². The van der Waals surface area contributed by atoms with E-state index >= 15 is 0 Å². The zero-order chi connectivity index (χ0) is 9.52. The number of allylic oxidation sites excluding steroid dienone is 2. The quantitative estimate of drug-likeness (QED) is 0.744. The summed E-state index contributed by atoms with van der Waals surface area (Å²) in [5, 5.41) is 0. The largest absolute Gasteiger partial charge is 0.405 e. The number of benzene rings is 1. The van der Waals surface area contributed by atoms with Crippen molar-refractivity contribution >= 4 is 5.57 Å². The van der Waals surface area contributed by atoms with Crippen LogP contribution < -0.4 is 5.73 Å². The van der Waals surface area contributed by atoms with Crippen LogP contribution in [-0.4, -0.2) is 0 Å². The van der Waals surface area contributed by atoms with Gasteiger partial charge >= 0.3 is 0 Å². The molecular formula is C12H15N. The monoisotopic (exact) mass is 173 g/mol. The topological polar surface area (TPSA) is 26.0 Å². The number of hydrogen-bond acceptors (Lipinski definition) is 1. The molecule has 1 heteroatoms. The Bertz CT molecular complexity index is 285. The van der Waals surface area contributed by atoms with E-state index in [1.807, 2.05) is 24.3 Å². The van der Waals surface area contributed by atoms with Crippen molar-refractivity contribution < 1.29 is 0 Å². The highest BCUT2D eigenvalue weighted by molar-refractivity contribution is 5.63. The first-order valence-corrected chi connectivity index (χ1v) is 4.44. The SMILES string of the molecule is C=C(CC/C=C\N)c1ccccc1. The lowest BCUT2D eigenvalue weighted by molar-refractivity contribution is 1.07. The van der Waals surface area contributed by atoms with Crippen molar-refractivity contribution in [2.24, 2.45) is 5.73 Å². The fourth-order valence-corrected chi connectivity index (χ4v) is 1.17. The first-order chi connectivity index (χ1) is 6.34. The van der Waals surface area contributed by atoms with E-state index in [2.05, 4.69) is 18.7 Å². The van der Waals surface area contributed by atoms with E-state index in [1.165, 1.54) is 11.1 Å². The highest BCUT2D eigenvalue weighted by atomic mass is 14.5. The van der Waals surface area contributed by atoms with Crippen LogP contribution in [0.25, 0.3) is 5.57 Å². The fraction of sp³-hybridized carbons (Fsp3) is 0.167. The Kier molecular flexibility index (Phi) is 3.83.